The molecule has 1 heterocycles. The lowest BCUT2D eigenvalue weighted by Crippen LogP contribution is -2.39. The van der Waals surface area contributed by atoms with Crippen LogP contribution >= 0.6 is 0 Å². The molecular formula is C24H32N4O2. The van der Waals surface area contributed by atoms with Gasteiger partial charge < -0.3 is 20.3 Å². The van der Waals surface area contributed by atoms with E-state index in [1.165, 1.54) is 16.7 Å². The Morgan fingerprint density at radius 3 is 2.77 bits per heavy atom. The van der Waals surface area contributed by atoms with Gasteiger partial charge in [0.25, 0.3) is 0 Å². The van der Waals surface area contributed by atoms with Crippen LogP contribution in [0, 0.1) is 6.92 Å². The van der Waals surface area contributed by atoms with Gasteiger partial charge >= 0.3 is 0 Å². The van der Waals surface area contributed by atoms with Crippen LogP contribution in [-0.2, 0) is 17.6 Å². The topological polar surface area (TPSA) is 66.0 Å². The minimum Gasteiger partial charge on any atom is -0.496 e. The van der Waals surface area contributed by atoms with Gasteiger partial charge in [0, 0.05) is 38.8 Å². The van der Waals surface area contributed by atoms with Crippen molar-refractivity contribution in [2.45, 2.75) is 32.6 Å². The summed E-state index contributed by atoms with van der Waals surface area (Å²) in [5, 5.41) is 6.63. The first kappa shape index (κ1) is 21.7. The van der Waals surface area contributed by atoms with E-state index in [2.05, 4.69) is 40.7 Å². The van der Waals surface area contributed by atoms with E-state index in [1.54, 1.807) is 14.2 Å². The molecule has 2 aromatic carbocycles. The second-order valence-electron chi connectivity index (χ2n) is 7.52. The summed E-state index contributed by atoms with van der Waals surface area (Å²) in [6, 6.07) is 14.4. The maximum Gasteiger partial charge on any atom is 0.227 e. The van der Waals surface area contributed by atoms with Crippen LogP contribution in [0.5, 0.6) is 5.75 Å². The van der Waals surface area contributed by atoms with Gasteiger partial charge in [-0.25, -0.2) is 0 Å². The molecule has 1 aliphatic heterocycles. The SMILES string of the molecule is CN=C(NCCCC(=O)N1CCc2ccccc21)NCCc1cc(C)ccc1OC. The zero-order valence-electron chi connectivity index (χ0n) is 18.2. The van der Waals surface area contributed by atoms with E-state index in [9.17, 15) is 4.79 Å². The monoisotopic (exact) mass is 408 g/mol. The molecule has 6 heteroatoms. The standard InChI is InChI=1S/C24H32N4O2/c1-18-10-11-22(30-3)20(17-18)12-15-27-24(25-2)26-14-6-9-23(29)28-16-13-19-7-4-5-8-21(19)28/h4-5,7-8,10-11,17H,6,9,12-16H2,1-3H3,(H2,25,26,27). The summed E-state index contributed by atoms with van der Waals surface area (Å²) in [5.74, 6) is 1.85. The number of para-hydroxylation sites is 1. The van der Waals surface area contributed by atoms with Crippen molar-refractivity contribution in [1.29, 1.82) is 0 Å². The van der Waals surface area contributed by atoms with E-state index in [-0.39, 0.29) is 5.91 Å². The number of amides is 1. The molecule has 0 saturated heterocycles. The maximum absolute atomic E-state index is 12.6. The van der Waals surface area contributed by atoms with E-state index in [0.717, 1.165) is 49.7 Å². The zero-order chi connectivity index (χ0) is 21.3. The predicted octanol–water partition coefficient (Wildman–Crippen LogP) is 3.08. The molecule has 0 radical (unpaired) electrons. The number of benzene rings is 2. The molecule has 2 aromatic rings. The minimum absolute atomic E-state index is 0.191. The van der Waals surface area contributed by atoms with Gasteiger partial charge in [-0.3, -0.25) is 9.79 Å². The fraction of sp³-hybridized carbons (Fsp3) is 0.417. The predicted molar refractivity (Wildman–Crippen MR) is 123 cm³/mol. The molecule has 0 aromatic heterocycles. The summed E-state index contributed by atoms with van der Waals surface area (Å²) >= 11 is 0. The Morgan fingerprint density at radius 2 is 1.97 bits per heavy atom. The van der Waals surface area contributed by atoms with E-state index >= 15 is 0 Å². The molecule has 0 aliphatic carbocycles. The highest BCUT2D eigenvalue weighted by molar-refractivity contribution is 5.95. The van der Waals surface area contributed by atoms with Gasteiger partial charge in [0.1, 0.15) is 5.75 Å². The van der Waals surface area contributed by atoms with Gasteiger partial charge in [0.05, 0.1) is 7.11 Å². The third kappa shape index (κ3) is 5.53. The molecule has 0 bridgehead atoms. The number of guanidine groups is 1. The molecule has 0 fully saturated rings. The van der Waals surface area contributed by atoms with Crippen LogP contribution in [0.1, 0.15) is 29.5 Å². The average Bonchev–Trinajstić information content (AvgIpc) is 3.19. The molecule has 3 rings (SSSR count). The van der Waals surface area contributed by atoms with Gasteiger partial charge in [-0.05, 0) is 49.4 Å². The summed E-state index contributed by atoms with van der Waals surface area (Å²) in [7, 11) is 3.46. The second-order valence-corrected chi connectivity index (χ2v) is 7.52. The maximum atomic E-state index is 12.6. The van der Waals surface area contributed by atoms with Crippen molar-refractivity contribution in [3.63, 3.8) is 0 Å². The molecule has 0 atom stereocenters. The van der Waals surface area contributed by atoms with Gasteiger partial charge in [-0.2, -0.15) is 0 Å². The van der Waals surface area contributed by atoms with Crippen molar-refractivity contribution in [3.8, 4) is 5.75 Å². The summed E-state index contributed by atoms with van der Waals surface area (Å²) in [5.41, 5.74) is 4.73. The number of nitrogens with one attached hydrogen (secondary N) is 2. The van der Waals surface area contributed by atoms with Crippen LogP contribution in [0.15, 0.2) is 47.5 Å². The second kappa shape index (κ2) is 10.7. The number of methoxy groups -OCH3 is 1. The molecule has 2 N–H and O–H groups in total. The lowest BCUT2D eigenvalue weighted by atomic mass is 10.1. The quantitative estimate of drug-likeness (QED) is 0.400. The van der Waals surface area contributed by atoms with Gasteiger partial charge in [0.2, 0.25) is 5.91 Å². The normalized spacial score (nSPS) is 13.2. The molecule has 0 spiro atoms. The van der Waals surface area contributed by atoms with Crippen LogP contribution in [0.3, 0.4) is 0 Å². The van der Waals surface area contributed by atoms with Crippen LogP contribution in [0.25, 0.3) is 0 Å². The summed E-state index contributed by atoms with van der Waals surface area (Å²) in [6.07, 6.45) is 3.09. The molecular weight excluding hydrogens is 376 g/mol. The Bertz CT molecular complexity index is 895. The molecule has 6 nitrogen and oxygen atoms in total. The fourth-order valence-corrected chi connectivity index (χ4v) is 3.82. The van der Waals surface area contributed by atoms with Crippen molar-refractivity contribution in [2.24, 2.45) is 4.99 Å². The Labute approximate surface area is 179 Å². The highest BCUT2D eigenvalue weighted by Crippen LogP contribution is 2.28. The average molecular weight is 409 g/mol. The Hall–Kier alpha value is -3.02. The lowest BCUT2D eigenvalue weighted by molar-refractivity contribution is -0.118. The molecule has 0 unspecified atom stereocenters. The van der Waals surface area contributed by atoms with Gasteiger partial charge in [-0.15, -0.1) is 0 Å². The number of carbonyl (C=O) groups excluding carboxylic acids is 1. The first-order valence-electron chi connectivity index (χ1n) is 10.6. The van der Waals surface area contributed by atoms with Crippen LogP contribution in [0.4, 0.5) is 5.69 Å². The largest absolute Gasteiger partial charge is 0.496 e. The van der Waals surface area contributed by atoms with Gasteiger partial charge in [-0.1, -0.05) is 35.9 Å². The summed E-state index contributed by atoms with van der Waals surface area (Å²) in [4.78, 5) is 18.8. The molecule has 0 saturated carbocycles. The zero-order valence-corrected chi connectivity index (χ0v) is 18.2. The van der Waals surface area contributed by atoms with Crippen LogP contribution < -0.4 is 20.3 Å². The van der Waals surface area contributed by atoms with Gasteiger partial charge in [0.15, 0.2) is 5.96 Å². The van der Waals surface area contributed by atoms with Crippen molar-refractivity contribution >= 4 is 17.6 Å². The van der Waals surface area contributed by atoms with E-state index in [0.29, 0.717) is 13.0 Å². The van der Waals surface area contributed by atoms with E-state index < -0.39 is 0 Å². The lowest BCUT2D eigenvalue weighted by Gasteiger charge is -2.17. The molecule has 1 aliphatic rings. The third-order valence-corrected chi connectivity index (χ3v) is 5.39. The number of hydrogen-bond donors (Lipinski definition) is 2. The van der Waals surface area contributed by atoms with Crippen molar-refractivity contribution in [2.75, 3.05) is 38.7 Å². The number of nitrogens with zero attached hydrogens (tertiary/aromatic N) is 2. The molecule has 1 amide bonds. The van der Waals surface area contributed by atoms with Crippen molar-refractivity contribution in [1.82, 2.24) is 10.6 Å². The van der Waals surface area contributed by atoms with Crippen LogP contribution in [0.2, 0.25) is 0 Å². The minimum atomic E-state index is 0.191. The van der Waals surface area contributed by atoms with Crippen molar-refractivity contribution < 1.29 is 9.53 Å². The number of anilines is 1. The molecule has 30 heavy (non-hydrogen) atoms. The number of rotatable bonds is 8. The smallest absolute Gasteiger partial charge is 0.227 e. The molecule has 160 valence electrons. The summed E-state index contributed by atoms with van der Waals surface area (Å²) < 4.78 is 5.44. The first-order valence-corrected chi connectivity index (χ1v) is 10.6. The summed E-state index contributed by atoms with van der Waals surface area (Å²) in [6.45, 7) is 4.33. The Balaban J connectivity index is 1.38. The highest BCUT2D eigenvalue weighted by Gasteiger charge is 2.23. The first-order chi connectivity index (χ1) is 14.6. The Morgan fingerprint density at radius 1 is 1.17 bits per heavy atom. The number of fused-ring (bicyclic) bond motifs is 1. The number of aliphatic imine (C=N–C) groups is 1. The van der Waals surface area contributed by atoms with E-state index in [4.69, 9.17) is 4.74 Å². The number of hydrogen-bond acceptors (Lipinski definition) is 3. The highest BCUT2D eigenvalue weighted by atomic mass is 16.5. The number of ether oxygens (including phenoxy) is 1. The van der Waals surface area contributed by atoms with Crippen molar-refractivity contribution in [3.05, 3.63) is 59.2 Å². The van der Waals surface area contributed by atoms with E-state index in [1.807, 2.05) is 29.2 Å². The third-order valence-electron chi connectivity index (χ3n) is 5.39. The van der Waals surface area contributed by atoms with Crippen LogP contribution in [-0.4, -0.2) is 45.7 Å². The fourth-order valence-electron chi connectivity index (χ4n) is 3.82. The number of aryl methyl sites for hydroxylation is 1. The Kier molecular flexibility index (Phi) is 7.71. The number of carbonyl (C=O) groups is 1.